The van der Waals surface area contributed by atoms with Crippen LogP contribution in [0.4, 0.5) is 0 Å². The van der Waals surface area contributed by atoms with Crippen molar-refractivity contribution in [2.24, 2.45) is 23.5 Å². The molecule has 2 aliphatic rings. The second kappa shape index (κ2) is 7.44. The van der Waals surface area contributed by atoms with E-state index in [4.69, 9.17) is 5.73 Å². The zero-order chi connectivity index (χ0) is 16.3. The Morgan fingerprint density at radius 2 is 1.91 bits per heavy atom. The Bertz CT molecular complexity index is 407. The highest BCUT2D eigenvalue weighted by atomic mass is 16.2. The molecule has 2 fully saturated rings. The third kappa shape index (κ3) is 4.45. The van der Waals surface area contributed by atoms with Crippen LogP contribution in [0.15, 0.2) is 0 Å². The monoisotopic (exact) mass is 309 g/mol. The Morgan fingerprint density at radius 3 is 2.50 bits per heavy atom. The van der Waals surface area contributed by atoms with E-state index in [2.05, 4.69) is 13.8 Å². The number of nitrogens with zero attached hydrogens (tertiary/aromatic N) is 2. The van der Waals surface area contributed by atoms with Crippen LogP contribution in [0.5, 0.6) is 0 Å². The minimum Gasteiger partial charge on any atom is -0.345 e. The highest BCUT2D eigenvalue weighted by Crippen LogP contribution is 2.32. The number of nitrogens with two attached hydrogens (primary N) is 1. The van der Waals surface area contributed by atoms with Crippen molar-refractivity contribution in [3.05, 3.63) is 0 Å². The average Bonchev–Trinajstić information content (AvgIpc) is 3.35. The quantitative estimate of drug-likeness (QED) is 0.808. The molecule has 0 radical (unpaired) electrons. The molecule has 0 aromatic carbocycles. The number of amides is 2. The molecule has 5 heteroatoms. The number of hydrogen-bond acceptors (Lipinski definition) is 3. The fraction of sp³-hybridized carbons (Fsp3) is 0.882. The van der Waals surface area contributed by atoms with E-state index in [1.165, 1.54) is 0 Å². The Kier molecular flexibility index (Phi) is 5.84. The van der Waals surface area contributed by atoms with Crippen LogP contribution in [-0.4, -0.2) is 54.3 Å². The van der Waals surface area contributed by atoms with E-state index >= 15 is 0 Å². The van der Waals surface area contributed by atoms with Gasteiger partial charge in [0.05, 0.1) is 5.92 Å². The largest absolute Gasteiger partial charge is 0.345 e. The summed E-state index contributed by atoms with van der Waals surface area (Å²) in [4.78, 5) is 28.5. The molecule has 2 atom stereocenters. The first kappa shape index (κ1) is 17.3. The van der Waals surface area contributed by atoms with E-state index in [-0.39, 0.29) is 29.7 Å². The second-order valence-corrected chi connectivity index (χ2v) is 7.35. The van der Waals surface area contributed by atoms with Gasteiger partial charge in [0.2, 0.25) is 11.8 Å². The van der Waals surface area contributed by atoms with Crippen LogP contribution in [0, 0.1) is 17.8 Å². The molecule has 1 saturated carbocycles. The maximum absolute atomic E-state index is 12.6. The summed E-state index contributed by atoms with van der Waals surface area (Å²) in [5.74, 6) is 1.09. The first-order valence-corrected chi connectivity index (χ1v) is 8.69. The summed E-state index contributed by atoms with van der Waals surface area (Å²) in [5.41, 5.74) is 6.05. The zero-order valence-corrected chi connectivity index (χ0v) is 14.3. The lowest BCUT2D eigenvalue weighted by atomic mass is 9.95. The van der Waals surface area contributed by atoms with E-state index in [9.17, 15) is 9.59 Å². The topological polar surface area (TPSA) is 66.6 Å². The minimum atomic E-state index is -0.0308. The molecule has 0 aromatic rings. The number of carbonyl (C=O) groups excluding carboxylic acids is 2. The predicted octanol–water partition coefficient (Wildman–Crippen LogP) is 1.47. The first-order chi connectivity index (χ1) is 10.4. The lowest BCUT2D eigenvalue weighted by Gasteiger charge is -2.34. The summed E-state index contributed by atoms with van der Waals surface area (Å²) in [7, 11) is 1.86. The van der Waals surface area contributed by atoms with Gasteiger partial charge < -0.3 is 15.5 Å². The summed E-state index contributed by atoms with van der Waals surface area (Å²) in [6.07, 6.45) is 4.72. The highest BCUT2D eigenvalue weighted by Gasteiger charge is 2.37. The number of piperidine rings is 1. The van der Waals surface area contributed by atoms with E-state index < -0.39 is 0 Å². The maximum atomic E-state index is 12.6. The molecule has 0 spiro atoms. The summed E-state index contributed by atoms with van der Waals surface area (Å²) in [6.45, 7) is 6.34. The molecule has 0 aromatic heterocycles. The fourth-order valence-corrected chi connectivity index (χ4v) is 3.07. The minimum absolute atomic E-state index is 0.0308. The van der Waals surface area contributed by atoms with Gasteiger partial charge in [-0.05, 0) is 38.0 Å². The van der Waals surface area contributed by atoms with Crippen molar-refractivity contribution in [2.45, 2.75) is 52.0 Å². The summed E-state index contributed by atoms with van der Waals surface area (Å²) in [6, 6.07) is 0.134. The van der Waals surface area contributed by atoms with Gasteiger partial charge in [0.1, 0.15) is 0 Å². The van der Waals surface area contributed by atoms with E-state index in [0.29, 0.717) is 19.0 Å². The molecular weight excluding hydrogens is 278 g/mol. The molecule has 1 aliphatic heterocycles. The summed E-state index contributed by atoms with van der Waals surface area (Å²) >= 11 is 0. The Morgan fingerprint density at radius 1 is 1.23 bits per heavy atom. The van der Waals surface area contributed by atoms with Crippen LogP contribution >= 0.6 is 0 Å². The molecule has 1 saturated heterocycles. The Hall–Kier alpha value is -1.10. The van der Waals surface area contributed by atoms with Gasteiger partial charge in [0.15, 0.2) is 0 Å². The number of rotatable bonds is 6. The molecule has 0 bridgehead atoms. The van der Waals surface area contributed by atoms with Crippen molar-refractivity contribution >= 4 is 11.8 Å². The van der Waals surface area contributed by atoms with Gasteiger partial charge in [-0.25, -0.2) is 0 Å². The molecule has 2 N–H and O–H groups in total. The van der Waals surface area contributed by atoms with Gasteiger partial charge in [-0.3, -0.25) is 9.59 Å². The smallest absolute Gasteiger partial charge is 0.227 e. The molecule has 2 amide bonds. The van der Waals surface area contributed by atoms with Crippen LogP contribution in [0.25, 0.3) is 0 Å². The van der Waals surface area contributed by atoms with Crippen molar-refractivity contribution < 1.29 is 9.59 Å². The van der Waals surface area contributed by atoms with Crippen LogP contribution in [-0.2, 0) is 9.59 Å². The standard InChI is InChI=1S/C17H31N3O2/c1-12(2)15(18)8-10-19(3)16(21)14-5-4-9-20(11-14)17(22)13-6-7-13/h12-15H,4-11,18H2,1-3H3. The van der Waals surface area contributed by atoms with Crippen molar-refractivity contribution in [1.82, 2.24) is 9.80 Å². The van der Waals surface area contributed by atoms with Crippen molar-refractivity contribution in [2.75, 3.05) is 26.7 Å². The summed E-state index contributed by atoms with van der Waals surface area (Å²) < 4.78 is 0. The molecule has 1 aliphatic carbocycles. The first-order valence-electron chi connectivity index (χ1n) is 8.69. The SMILES string of the molecule is CC(C)C(N)CCN(C)C(=O)C1CCCN(C(=O)C2CC2)C1. The third-order valence-corrected chi connectivity index (χ3v) is 5.04. The van der Waals surface area contributed by atoms with Crippen molar-refractivity contribution in [3.63, 3.8) is 0 Å². The molecule has 2 rings (SSSR count). The average molecular weight is 309 g/mol. The number of likely N-dealkylation sites (tertiary alicyclic amines) is 1. The third-order valence-electron chi connectivity index (χ3n) is 5.04. The molecule has 1 heterocycles. The summed E-state index contributed by atoms with van der Waals surface area (Å²) in [5, 5.41) is 0. The van der Waals surface area contributed by atoms with E-state index in [1.807, 2.05) is 11.9 Å². The van der Waals surface area contributed by atoms with Crippen LogP contribution in [0.1, 0.15) is 46.0 Å². The van der Waals surface area contributed by atoms with Crippen LogP contribution in [0.2, 0.25) is 0 Å². The molecule has 126 valence electrons. The van der Waals surface area contributed by atoms with Crippen LogP contribution < -0.4 is 5.73 Å². The lowest BCUT2D eigenvalue weighted by Crippen LogP contribution is -2.47. The maximum Gasteiger partial charge on any atom is 0.227 e. The molecule has 22 heavy (non-hydrogen) atoms. The van der Waals surface area contributed by atoms with Gasteiger partial charge >= 0.3 is 0 Å². The van der Waals surface area contributed by atoms with Gasteiger partial charge in [-0.1, -0.05) is 13.8 Å². The normalized spacial score (nSPS) is 23.5. The van der Waals surface area contributed by atoms with Gasteiger partial charge in [0, 0.05) is 38.6 Å². The molecule has 5 nitrogen and oxygen atoms in total. The fourth-order valence-electron chi connectivity index (χ4n) is 3.07. The Labute approximate surface area is 134 Å². The second-order valence-electron chi connectivity index (χ2n) is 7.35. The number of carbonyl (C=O) groups is 2. The highest BCUT2D eigenvalue weighted by molar-refractivity contribution is 5.83. The predicted molar refractivity (Wildman–Crippen MR) is 87.1 cm³/mol. The Balaban J connectivity index is 1.81. The van der Waals surface area contributed by atoms with Gasteiger partial charge in [-0.2, -0.15) is 0 Å². The van der Waals surface area contributed by atoms with E-state index in [0.717, 1.165) is 38.6 Å². The molecular formula is C17H31N3O2. The number of hydrogen-bond donors (Lipinski definition) is 1. The zero-order valence-electron chi connectivity index (χ0n) is 14.3. The lowest BCUT2D eigenvalue weighted by molar-refractivity contribution is -0.140. The van der Waals surface area contributed by atoms with Gasteiger partial charge in [-0.15, -0.1) is 0 Å². The van der Waals surface area contributed by atoms with E-state index in [1.54, 1.807) is 4.90 Å². The van der Waals surface area contributed by atoms with Crippen LogP contribution in [0.3, 0.4) is 0 Å². The van der Waals surface area contributed by atoms with Gasteiger partial charge in [0.25, 0.3) is 0 Å². The van der Waals surface area contributed by atoms with Crippen molar-refractivity contribution in [1.29, 1.82) is 0 Å². The molecule has 2 unspecified atom stereocenters. The van der Waals surface area contributed by atoms with Crippen molar-refractivity contribution in [3.8, 4) is 0 Å².